The average molecular weight is 257 g/mol. The van der Waals surface area contributed by atoms with Crippen molar-refractivity contribution in [3.05, 3.63) is 0 Å². The highest BCUT2D eigenvalue weighted by molar-refractivity contribution is 5.03. The lowest BCUT2D eigenvalue weighted by Gasteiger charge is -2.52. The van der Waals surface area contributed by atoms with E-state index in [-0.39, 0.29) is 11.0 Å². The van der Waals surface area contributed by atoms with E-state index in [4.69, 9.17) is 9.47 Å². The van der Waals surface area contributed by atoms with E-state index >= 15 is 0 Å². The van der Waals surface area contributed by atoms with Gasteiger partial charge in [0.05, 0.1) is 11.7 Å². The van der Waals surface area contributed by atoms with Crippen molar-refractivity contribution < 1.29 is 9.47 Å². The number of hydrogen-bond acceptors (Lipinski definition) is 3. The van der Waals surface area contributed by atoms with Crippen molar-refractivity contribution in [2.75, 3.05) is 20.3 Å². The van der Waals surface area contributed by atoms with Crippen LogP contribution in [0.4, 0.5) is 0 Å². The molecule has 0 bridgehead atoms. The molecule has 0 heterocycles. The van der Waals surface area contributed by atoms with Crippen molar-refractivity contribution in [2.24, 2.45) is 11.3 Å². The fraction of sp³-hybridized carbons (Fsp3) is 1.00. The van der Waals surface area contributed by atoms with Crippen molar-refractivity contribution in [2.45, 2.75) is 65.7 Å². The molecular weight excluding hydrogens is 226 g/mol. The van der Waals surface area contributed by atoms with Crippen LogP contribution in [0.25, 0.3) is 0 Å². The first-order valence-corrected chi connectivity index (χ1v) is 7.09. The van der Waals surface area contributed by atoms with Crippen molar-refractivity contribution in [3.63, 3.8) is 0 Å². The van der Waals surface area contributed by atoms with Crippen LogP contribution < -0.4 is 5.32 Å². The Morgan fingerprint density at radius 2 is 1.94 bits per heavy atom. The van der Waals surface area contributed by atoms with E-state index in [2.05, 4.69) is 46.9 Å². The molecule has 108 valence electrons. The normalized spacial score (nSPS) is 27.3. The summed E-state index contributed by atoms with van der Waals surface area (Å²) in [7, 11) is 1.77. The van der Waals surface area contributed by atoms with E-state index in [1.807, 2.05) is 0 Å². The summed E-state index contributed by atoms with van der Waals surface area (Å²) in [5, 5.41) is 3.61. The molecular formula is C15H31NO2. The van der Waals surface area contributed by atoms with Crippen LogP contribution in [0.1, 0.15) is 48.0 Å². The van der Waals surface area contributed by atoms with Crippen molar-refractivity contribution in [1.29, 1.82) is 0 Å². The molecule has 0 radical (unpaired) electrons. The quantitative estimate of drug-likeness (QED) is 0.761. The van der Waals surface area contributed by atoms with E-state index in [1.54, 1.807) is 7.11 Å². The van der Waals surface area contributed by atoms with Gasteiger partial charge in [0.25, 0.3) is 0 Å². The molecule has 1 rings (SSSR count). The zero-order chi connectivity index (χ0) is 14.0. The Hall–Kier alpha value is -0.120. The molecule has 0 aromatic rings. The van der Waals surface area contributed by atoms with Gasteiger partial charge in [-0.3, -0.25) is 0 Å². The molecule has 1 fully saturated rings. The standard InChI is InChI=1S/C15H31NO2/c1-11(2)9-18-13-8-12(15(13,5)6)16-10-14(3,4)17-7/h11-13,16H,8-10H2,1-7H3. The van der Waals surface area contributed by atoms with Crippen LogP contribution in [-0.4, -0.2) is 38.0 Å². The fourth-order valence-corrected chi connectivity index (χ4v) is 2.26. The van der Waals surface area contributed by atoms with E-state index in [9.17, 15) is 0 Å². The third-order valence-electron chi connectivity index (χ3n) is 4.14. The van der Waals surface area contributed by atoms with Crippen LogP contribution in [0.3, 0.4) is 0 Å². The number of methoxy groups -OCH3 is 1. The lowest BCUT2D eigenvalue weighted by molar-refractivity contribution is -0.127. The number of ether oxygens (including phenoxy) is 2. The van der Waals surface area contributed by atoms with Gasteiger partial charge in [0.15, 0.2) is 0 Å². The summed E-state index contributed by atoms with van der Waals surface area (Å²) in [6, 6.07) is 0.532. The van der Waals surface area contributed by atoms with Crippen LogP contribution in [-0.2, 0) is 9.47 Å². The summed E-state index contributed by atoms with van der Waals surface area (Å²) in [6.07, 6.45) is 1.50. The fourth-order valence-electron chi connectivity index (χ4n) is 2.26. The van der Waals surface area contributed by atoms with Gasteiger partial charge in [0.1, 0.15) is 0 Å². The highest BCUT2D eigenvalue weighted by atomic mass is 16.5. The van der Waals surface area contributed by atoms with Gasteiger partial charge >= 0.3 is 0 Å². The SMILES string of the molecule is COC(C)(C)CNC1CC(OCC(C)C)C1(C)C. The Kier molecular flexibility index (Phi) is 5.22. The van der Waals surface area contributed by atoms with Crippen LogP contribution >= 0.6 is 0 Å². The zero-order valence-corrected chi connectivity index (χ0v) is 13.2. The summed E-state index contributed by atoms with van der Waals surface area (Å²) in [4.78, 5) is 0. The summed E-state index contributed by atoms with van der Waals surface area (Å²) >= 11 is 0. The van der Waals surface area contributed by atoms with Crippen molar-refractivity contribution in [3.8, 4) is 0 Å². The summed E-state index contributed by atoms with van der Waals surface area (Å²) in [6.45, 7) is 14.9. The maximum atomic E-state index is 5.97. The lowest BCUT2D eigenvalue weighted by Crippen LogP contribution is -2.62. The van der Waals surface area contributed by atoms with Crippen molar-refractivity contribution in [1.82, 2.24) is 5.32 Å². The molecule has 0 spiro atoms. The third kappa shape index (κ3) is 3.94. The molecule has 3 heteroatoms. The Labute approximate surface area is 113 Å². The highest BCUT2D eigenvalue weighted by Crippen LogP contribution is 2.43. The van der Waals surface area contributed by atoms with Crippen LogP contribution in [0.15, 0.2) is 0 Å². The summed E-state index contributed by atoms with van der Waals surface area (Å²) in [5.74, 6) is 0.611. The minimum Gasteiger partial charge on any atom is -0.377 e. The molecule has 18 heavy (non-hydrogen) atoms. The first-order chi connectivity index (χ1) is 8.19. The summed E-state index contributed by atoms with van der Waals surface area (Å²) < 4.78 is 11.4. The van der Waals surface area contributed by atoms with E-state index in [0.29, 0.717) is 18.1 Å². The molecule has 2 atom stereocenters. The van der Waals surface area contributed by atoms with Gasteiger partial charge in [-0.15, -0.1) is 0 Å². The first kappa shape index (κ1) is 15.9. The van der Waals surface area contributed by atoms with Gasteiger partial charge in [-0.1, -0.05) is 27.7 Å². The second kappa shape index (κ2) is 5.89. The Morgan fingerprint density at radius 1 is 1.33 bits per heavy atom. The summed E-state index contributed by atoms with van der Waals surface area (Å²) in [5.41, 5.74) is 0.124. The Bertz CT molecular complexity index is 261. The van der Waals surface area contributed by atoms with Gasteiger partial charge in [-0.25, -0.2) is 0 Å². The largest absolute Gasteiger partial charge is 0.377 e. The molecule has 1 N–H and O–H groups in total. The van der Waals surface area contributed by atoms with E-state index in [1.165, 1.54) is 0 Å². The van der Waals surface area contributed by atoms with Crippen LogP contribution in [0, 0.1) is 11.3 Å². The van der Waals surface area contributed by atoms with Gasteiger partial charge in [0, 0.05) is 31.7 Å². The number of hydrogen-bond donors (Lipinski definition) is 1. The molecule has 0 amide bonds. The van der Waals surface area contributed by atoms with Crippen molar-refractivity contribution >= 4 is 0 Å². The molecule has 2 unspecified atom stereocenters. The third-order valence-corrected chi connectivity index (χ3v) is 4.14. The smallest absolute Gasteiger partial charge is 0.0746 e. The molecule has 0 aromatic carbocycles. The topological polar surface area (TPSA) is 30.5 Å². The van der Waals surface area contributed by atoms with E-state index in [0.717, 1.165) is 19.6 Å². The van der Waals surface area contributed by atoms with Crippen LogP contribution in [0.5, 0.6) is 0 Å². The van der Waals surface area contributed by atoms with Crippen LogP contribution in [0.2, 0.25) is 0 Å². The number of nitrogens with one attached hydrogen (secondary N) is 1. The van der Waals surface area contributed by atoms with Gasteiger partial charge in [-0.05, 0) is 26.2 Å². The first-order valence-electron chi connectivity index (χ1n) is 7.09. The minimum atomic E-state index is -0.0973. The second-order valence-corrected chi connectivity index (χ2v) is 7.17. The average Bonchev–Trinajstić information content (AvgIpc) is 2.26. The molecule has 1 saturated carbocycles. The highest BCUT2D eigenvalue weighted by Gasteiger charge is 2.49. The molecule has 3 nitrogen and oxygen atoms in total. The second-order valence-electron chi connectivity index (χ2n) is 7.17. The predicted octanol–water partition coefficient (Wildman–Crippen LogP) is 2.84. The molecule has 1 aliphatic rings. The minimum absolute atomic E-state index is 0.0973. The maximum absolute atomic E-state index is 5.97. The van der Waals surface area contributed by atoms with E-state index < -0.39 is 0 Å². The Morgan fingerprint density at radius 3 is 2.39 bits per heavy atom. The molecule has 0 aliphatic heterocycles. The zero-order valence-electron chi connectivity index (χ0n) is 13.2. The monoisotopic (exact) mass is 257 g/mol. The number of rotatable bonds is 7. The molecule has 0 aromatic heterocycles. The maximum Gasteiger partial charge on any atom is 0.0746 e. The van der Waals surface area contributed by atoms with Gasteiger partial charge < -0.3 is 14.8 Å². The Balaban J connectivity index is 2.35. The van der Waals surface area contributed by atoms with Gasteiger partial charge in [-0.2, -0.15) is 0 Å². The molecule has 1 aliphatic carbocycles. The van der Waals surface area contributed by atoms with Gasteiger partial charge in [0.2, 0.25) is 0 Å². The predicted molar refractivity (Wildman–Crippen MR) is 75.9 cm³/mol. The lowest BCUT2D eigenvalue weighted by atomic mass is 9.64. The molecule has 0 saturated heterocycles.